The molecule has 1 aliphatic rings. The van der Waals surface area contributed by atoms with Crippen molar-refractivity contribution in [1.29, 1.82) is 0 Å². The van der Waals surface area contributed by atoms with Crippen molar-refractivity contribution in [2.45, 2.75) is 39.0 Å². The van der Waals surface area contributed by atoms with Crippen LogP contribution in [0.1, 0.15) is 39.0 Å². The fraction of sp³-hybridized carbons (Fsp3) is 0.889. The second-order valence-electron chi connectivity index (χ2n) is 3.44. The fourth-order valence-corrected chi connectivity index (χ4v) is 1.71. The number of nitrogens with zero attached hydrogens (tertiary/aromatic N) is 1. The molecule has 0 aliphatic carbocycles. The number of carbonyl (C=O) groups is 1. The van der Waals surface area contributed by atoms with Gasteiger partial charge < -0.3 is 0 Å². The molecule has 0 saturated carbocycles. The standard InChI is InChI=1S/C9H17NO2/c1-2-5-8-6-3-4-7-10(12)9(8)11/h8,12H,2-7H2,1H3. The lowest BCUT2D eigenvalue weighted by atomic mass is 9.98. The molecule has 1 rings (SSSR count). The zero-order valence-corrected chi connectivity index (χ0v) is 7.62. The molecule has 1 atom stereocenters. The molecule has 3 nitrogen and oxygen atoms in total. The first kappa shape index (κ1) is 9.52. The number of rotatable bonds is 2. The first-order valence-electron chi connectivity index (χ1n) is 4.76. The number of amides is 1. The molecule has 1 heterocycles. The molecule has 0 aromatic carbocycles. The SMILES string of the molecule is CCCC1CCCCN(O)C1=O. The molecule has 12 heavy (non-hydrogen) atoms. The summed E-state index contributed by atoms with van der Waals surface area (Å²) in [6.07, 6.45) is 4.87. The number of hydrogen-bond acceptors (Lipinski definition) is 2. The summed E-state index contributed by atoms with van der Waals surface area (Å²) in [6, 6.07) is 0. The Labute approximate surface area is 73.3 Å². The van der Waals surface area contributed by atoms with Crippen LogP contribution in [0.4, 0.5) is 0 Å². The van der Waals surface area contributed by atoms with E-state index in [0.29, 0.717) is 6.54 Å². The average molecular weight is 171 g/mol. The third-order valence-electron chi connectivity index (χ3n) is 2.41. The van der Waals surface area contributed by atoms with E-state index in [0.717, 1.165) is 37.2 Å². The molecule has 1 fully saturated rings. The van der Waals surface area contributed by atoms with E-state index < -0.39 is 0 Å². The summed E-state index contributed by atoms with van der Waals surface area (Å²) in [6.45, 7) is 2.58. The minimum atomic E-state index is -0.0747. The minimum Gasteiger partial charge on any atom is -0.286 e. The first-order valence-corrected chi connectivity index (χ1v) is 4.76. The van der Waals surface area contributed by atoms with Gasteiger partial charge in [0.2, 0.25) is 5.91 Å². The molecule has 0 bridgehead atoms. The zero-order chi connectivity index (χ0) is 8.97. The van der Waals surface area contributed by atoms with E-state index in [2.05, 4.69) is 6.92 Å². The Balaban J connectivity index is 2.52. The van der Waals surface area contributed by atoms with Crippen LogP contribution in [0, 0.1) is 5.92 Å². The Kier molecular flexibility index (Phi) is 3.53. The van der Waals surface area contributed by atoms with Gasteiger partial charge >= 0.3 is 0 Å². The van der Waals surface area contributed by atoms with Gasteiger partial charge in [0.25, 0.3) is 0 Å². The van der Waals surface area contributed by atoms with Crippen LogP contribution in [0.3, 0.4) is 0 Å². The highest BCUT2D eigenvalue weighted by atomic mass is 16.5. The molecule has 0 aromatic rings. The zero-order valence-electron chi connectivity index (χ0n) is 7.62. The van der Waals surface area contributed by atoms with Gasteiger partial charge in [-0.2, -0.15) is 0 Å². The van der Waals surface area contributed by atoms with Gasteiger partial charge in [0, 0.05) is 12.5 Å². The van der Waals surface area contributed by atoms with Crippen LogP contribution in [0.15, 0.2) is 0 Å². The van der Waals surface area contributed by atoms with Crippen molar-refractivity contribution in [2.24, 2.45) is 5.92 Å². The topological polar surface area (TPSA) is 40.5 Å². The van der Waals surface area contributed by atoms with Crippen molar-refractivity contribution in [3.05, 3.63) is 0 Å². The summed E-state index contributed by atoms with van der Waals surface area (Å²) in [4.78, 5) is 11.4. The van der Waals surface area contributed by atoms with E-state index in [-0.39, 0.29) is 11.8 Å². The van der Waals surface area contributed by atoms with Gasteiger partial charge in [-0.3, -0.25) is 10.0 Å². The maximum absolute atomic E-state index is 11.4. The van der Waals surface area contributed by atoms with E-state index in [1.54, 1.807) is 0 Å². The van der Waals surface area contributed by atoms with E-state index >= 15 is 0 Å². The van der Waals surface area contributed by atoms with Crippen molar-refractivity contribution in [3.8, 4) is 0 Å². The molecule has 0 aromatic heterocycles. The molecular formula is C9H17NO2. The normalized spacial score (nSPS) is 25.7. The highest BCUT2D eigenvalue weighted by molar-refractivity contribution is 5.77. The first-order chi connectivity index (χ1) is 5.75. The molecule has 1 unspecified atom stereocenters. The molecule has 0 radical (unpaired) electrons. The molecule has 0 spiro atoms. The minimum absolute atomic E-state index is 0.0718. The van der Waals surface area contributed by atoms with Crippen LogP contribution in [0.25, 0.3) is 0 Å². The highest BCUT2D eigenvalue weighted by Crippen LogP contribution is 2.20. The van der Waals surface area contributed by atoms with Gasteiger partial charge in [-0.15, -0.1) is 0 Å². The van der Waals surface area contributed by atoms with Crippen molar-refractivity contribution >= 4 is 5.91 Å². The van der Waals surface area contributed by atoms with E-state index in [9.17, 15) is 10.0 Å². The van der Waals surface area contributed by atoms with E-state index in [4.69, 9.17) is 0 Å². The Bertz CT molecular complexity index is 159. The Morgan fingerprint density at radius 2 is 2.33 bits per heavy atom. The molecule has 1 N–H and O–H groups in total. The highest BCUT2D eigenvalue weighted by Gasteiger charge is 2.24. The summed E-state index contributed by atoms with van der Waals surface area (Å²) in [5.74, 6) is -0.00292. The van der Waals surface area contributed by atoms with Crippen LogP contribution in [0.5, 0.6) is 0 Å². The lowest BCUT2D eigenvalue weighted by Crippen LogP contribution is -2.31. The Morgan fingerprint density at radius 3 is 3.00 bits per heavy atom. The summed E-state index contributed by atoms with van der Waals surface area (Å²) in [7, 11) is 0. The van der Waals surface area contributed by atoms with Gasteiger partial charge in [-0.05, 0) is 19.3 Å². The number of carbonyl (C=O) groups excluding carboxylic acids is 1. The van der Waals surface area contributed by atoms with Crippen LogP contribution in [-0.4, -0.2) is 22.7 Å². The predicted octanol–water partition coefficient (Wildman–Crippen LogP) is 1.80. The van der Waals surface area contributed by atoms with Crippen LogP contribution < -0.4 is 0 Å². The third kappa shape index (κ3) is 2.21. The molecule has 1 aliphatic heterocycles. The molecule has 1 saturated heterocycles. The third-order valence-corrected chi connectivity index (χ3v) is 2.41. The van der Waals surface area contributed by atoms with Gasteiger partial charge in [-0.25, -0.2) is 5.06 Å². The van der Waals surface area contributed by atoms with Crippen molar-refractivity contribution < 1.29 is 10.0 Å². The van der Waals surface area contributed by atoms with Gasteiger partial charge in [0.15, 0.2) is 0 Å². The second kappa shape index (κ2) is 4.45. The van der Waals surface area contributed by atoms with Gasteiger partial charge in [0.1, 0.15) is 0 Å². The summed E-state index contributed by atoms with van der Waals surface area (Å²) in [5, 5.41) is 10.1. The molecule has 70 valence electrons. The van der Waals surface area contributed by atoms with Crippen molar-refractivity contribution in [1.82, 2.24) is 5.06 Å². The van der Waals surface area contributed by atoms with E-state index in [1.165, 1.54) is 0 Å². The molecule has 1 amide bonds. The van der Waals surface area contributed by atoms with Crippen molar-refractivity contribution in [3.63, 3.8) is 0 Å². The maximum Gasteiger partial charge on any atom is 0.249 e. The van der Waals surface area contributed by atoms with Crippen LogP contribution in [-0.2, 0) is 4.79 Å². The predicted molar refractivity (Wildman–Crippen MR) is 45.7 cm³/mol. The Morgan fingerprint density at radius 1 is 1.58 bits per heavy atom. The average Bonchev–Trinajstić information content (AvgIpc) is 2.20. The molecule has 3 heteroatoms. The monoisotopic (exact) mass is 171 g/mol. The maximum atomic E-state index is 11.4. The summed E-state index contributed by atoms with van der Waals surface area (Å²) in [5.41, 5.74) is 0. The summed E-state index contributed by atoms with van der Waals surface area (Å²) >= 11 is 0. The lowest BCUT2D eigenvalue weighted by molar-refractivity contribution is -0.168. The van der Waals surface area contributed by atoms with Crippen LogP contribution in [0.2, 0.25) is 0 Å². The van der Waals surface area contributed by atoms with E-state index in [1.807, 2.05) is 0 Å². The van der Waals surface area contributed by atoms with Crippen LogP contribution >= 0.6 is 0 Å². The quantitative estimate of drug-likeness (QED) is 0.644. The van der Waals surface area contributed by atoms with Gasteiger partial charge in [-0.1, -0.05) is 19.8 Å². The largest absolute Gasteiger partial charge is 0.286 e. The Hall–Kier alpha value is -0.570. The second-order valence-corrected chi connectivity index (χ2v) is 3.44. The number of hydrogen-bond donors (Lipinski definition) is 1. The lowest BCUT2D eigenvalue weighted by Gasteiger charge is -2.16. The summed E-state index contributed by atoms with van der Waals surface area (Å²) < 4.78 is 0. The molecular weight excluding hydrogens is 154 g/mol. The number of hydroxylamine groups is 2. The smallest absolute Gasteiger partial charge is 0.249 e. The van der Waals surface area contributed by atoms with Crippen molar-refractivity contribution in [2.75, 3.05) is 6.54 Å². The fourth-order valence-electron chi connectivity index (χ4n) is 1.71. The van der Waals surface area contributed by atoms with Gasteiger partial charge in [0.05, 0.1) is 0 Å².